The summed E-state index contributed by atoms with van der Waals surface area (Å²) in [4.78, 5) is 10.7. The minimum atomic E-state index is -0.880. The summed E-state index contributed by atoms with van der Waals surface area (Å²) in [6, 6.07) is 10.3. The zero-order valence-electron chi connectivity index (χ0n) is 10.6. The molecule has 3 rings (SSSR count). The molecule has 0 spiro atoms. The maximum absolute atomic E-state index is 13.0. The zero-order chi connectivity index (χ0) is 15.0. The van der Waals surface area contributed by atoms with Gasteiger partial charge in [0.1, 0.15) is 11.6 Å². The van der Waals surface area contributed by atoms with E-state index in [9.17, 15) is 14.5 Å². The molecule has 0 saturated carbocycles. The second-order valence-electron chi connectivity index (χ2n) is 4.56. The van der Waals surface area contributed by atoms with E-state index in [1.165, 1.54) is 30.3 Å². The highest BCUT2D eigenvalue weighted by atomic mass is 35.5. The van der Waals surface area contributed by atoms with Crippen LogP contribution in [0.1, 0.15) is 17.2 Å². The molecule has 0 N–H and O–H groups in total. The fourth-order valence-corrected chi connectivity index (χ4v) is 2.37. The number of rotatable bonds is 2. The average Bonchev–Trinajstić information content (AvgIpc) is 2.46. The Morgan fingerprint density at radius 1 is 1.19 bits per heavy atom. The van der Waals surface area contributed by atoms with E-state index in [0.29, 0.717) is 21.9 Å². The van der Waals surface area contributed by atoms with E-state index in [4.69, 9.17) is 16.3 Å². The van der Waals surface area contributed by atoms with Gasteiger partial charge in [0.05, 0.1) is 4.92 Å². The summed E-state index contributed by atoms with van der Waals surface area (Å²) in [5.41, 5.74) is 0.948. The Kier molecular flexibility index (Phi) is 3.35. The summed E-state index contributed by atoms with van der Waals surface area (Å²) in [7, 11) is 0. The van der Waals surface area contributed by atoms with Gasteiger partial charge in [0, 0.05) is 22.2 Å². The molecule has 0 aliphatic carbocycles. The normalized spacial score (nSPS) is 16.7. The lowest BCUT2D eigenvalue weighted by Crippen LogP contribution is -2.19. The highest BCUT2D eigenvalue weighted by Gasteiger charge is 2.33. The van der Waals surface area contributed by atoms with E-state index in [1.54, 1.807) is 18.2 Å². The molecule has 1 atom stereocenters. The van der Waals surface area contributed by atoms with Gasteiger partial charge in [0.15, 0.2) is 0 Å². The van der Waals surface area contributed by atoms with Crippen LogP contribution in [0.3, 0.4) is 0 Å². The fraction of sp³-hybridized carbons (Fsp3) is 0.0667. The minimum absolute atomic E-state index is 0.114. The summed E-state index contributed by atoms with van der Waals surface area (Å²) in [5, 5.41) is 11.7. The lowest BCUT2D eigenvalue weighted by atomic mass is 10.0. The molecule has 0 amide bonds. The van der Waals surface area contributed by atoms with Gasteiger partial charge < -0.3 is 4.74 Å². The first-order chi connectivity index (χ1) is 10.0. The Labute approximate surface area is 124 Å². The highest BCUT2D eigenvalue weighted by molar-refractivity contribution is 6.30. The predicted molar refractivity (Wildman–Crippen MR) is 76.2 cm³/mol. The third kappa shape index (κ3) is 2.60. The van der Waals surface area contributed by atoms with Crippen LogP contribution in [0, 0.1) is 15.9 Å². The third-order valence-corrected chi connectivity index (χ3v) is 3.41. The monoisotopic (exact) mass is 305 g/mol. The Hall–Kier alpha value is -2.40. The number of ether oxygens (including phenoxy) is 1. The van der Waals surface area contributed by atoms with Crippen LogP contribution in [0.4, 0.5) is 4.39 Å². The van der Waals surface area contributed by atoms with Crippen molar-refractivity contribution in [1.82, 2.24) is 0 Å². The topological polar surface area (TPSA) is 52.4 Å². The van der Waals surface area contributed by atoms with Crippen molar-refractivity contribution in [3.05, 3.63) is 80.2 Å². The molecule has 0 aromatic heterocycles. The van der Waals surface area contributed by atoms with Crippen molar-refractivity contribution in [2.24, 2.45) is 0 Å². The molecule has 1 aliphatic rings. The largest absolute Gasteiger partial charge is 0.474 e. The molecule has 1 aliphatic heterocycles. The number of nitrogens with zero attached hydrogens (tertiary/aromatic N) is 1. The lowest BCUT2D eigenvalue weighted by Gasteiger charge is -2.22. The van der Waals surface area contributed by atoms with E-state index < -0.39 is 16.8 Å². The molecule has 21 heavy (non-hydrogen) atoms. The molecule has 0 bridgehead atoms. The number of benzene rings is 2. The third-order valence-electron chi connectivity index (χ3n) is 3.17. The lowest BCUT2D eigenvalue weighted by molar-refractivity contribution is -0.434. The summed E-state index contributed by atoms with van der Waals surface area (Å²) in [6.45, 7) is 0. The maximum atomic E-state index is 13.0. The average molecular weight is 306 g/mol. The molecule has 2 aromatic rings. The Bertz CT molecular complexity index is 743. The molecular weight excluding hydrogens is 297 g/mol. The van der Waals surface area contributed by atoms with E-state index in [2.05, 4.69) is 0 Å². The predicted octanol–water partition coefficient (Wildman–Crippen LogP) is 4.23. The molecule has 0 radical (unpaired) electrons. The number of fused-ring (bicyclic) bond motifs is 1. The van der Waals surface area contributed by atoms with Gasteiger partial charge in [-0.3, -0.25) is 10.1 Å². The molecular formula is C15H9ClFNO3. The van der Waals surface area contributed by atoms with Crippen molar-refractivity contribution in [3.8, 4) is 5.75 Å². The van der Waals surface area contributed by atoms with Crippen molar-refractivity contribution in [2.75, 3.05) is 0 Å². The van der Waals surface area contributed by atoms with E-state index in [1.807, 2.05) is 0 Å². The van der Waals surface area contributed by atoms with Gasteiger partial charge in [-0.05, 0) is 30.3 Å². The molecule has 0 unspecified atom stereocenters. The van der Waals surface area contributed by atoms with Crippen LogP contribution >= 0.6 is 11.6 Å². The van der Waals surface area contributed by atoms with E-state index in [-0.39, 0.29) is 5.70 Å². The summed E-state index contributed by atoms with van der Waals surface area (Å²) >= 11 is 5.88. The fourth-order valence-electron chi connectivity index (χ4n) is 2.19. The minimum Gasteiger partial charge on any atom is -0.474 e. The van der Waals surface area contributed by atoms with Gasteiger partial charge in [0.2, 0.25) is 6.10 Å². The zero-order valence-corrected chi connectivity index (χ0v) is 11.4. The van der Waals surface area contributed by atoms with Crippen LogP contribution in [-0.4, -0.2) is 4.92 Å². The summed E-state index contributed by atoms with van der Waals surface area (Å²) in [5.74, 6) is 0.0905. The van der Waals surface area contributed by atoms with Crippen LogP contribution in [0.15, 0.2) is 48.2 Å². The molecule has 0 fully saturated rings. The Balaban J connectivity index is 2.08. The van der Waals surface area contributed by atoms with Crippen molar-refractivity contribution in [3.63, 3.8) is 0 Å². The second kappa shape index (κ2) is 5.18. The van der Waals surface area contributed by atoms with Crippen LogP contribution in [0.5, 0.6) is 5.75 Å². The number of hydrogen-bond acceptors (Lipinski definition) is 3. The first-order valence-corrected chi connectivity index (χ1v) is 6.50. The highest BCUT2D eigenvalue weighted by Crippen LogP contribution is 2.38. The first kappa shape index (κ1) is 13.6. The molecule has 0 saturated heterocycles. The van der Waals surface area contributed by atoms with Crippen molar-refractivity contribution < 1.29 is 14.1 Å². The first-order valence-electron chi connectivity index (χ1n) is 6.12. The van der Waals surface area contributed by atoms with Gasteiger partial charge in [-0.15, -0.1) is 0 Å². The van der Waals surface area contributed by atoms with Crippen molar-refractivity contribution >= 4 is 17.7 Å². The van der Waals surface area contributed by atoms with Crippen LogP contribution in [0.2, 0.25) is 5.02 Å². The molecule has 2 aromatic carbocycles. The van der Waals surface area contributed by atoms with Gasteiger partial charge in [0.25, 0.3) is 5.70 Å². The van der Waals surface area contributed by atoms with Crippen LogP contribution in [-0.2, 0) is 0 Å². The SMILES string of the molecule is O=[N+]([O-])C1=Cc2cc(Cl)ccc2O[C@@H]1c1ccc(F)cc1. The number of halogens is 2. The standard InChI is InChI=1S/C15H9ClFNO3/c16-11-3-6-14-10(7-11)8-13(18(19)20)15(21-14)9-1-4-12(17)5-2-9/h1-8,15H/t15-/m1/s1. The summed E-state index contributed by atoms with van der Waals surface area (Å²) < 4.78 is 18.7. The quantitative estimate of drug-likeness (QED) is 0.616. The van der Waals surface area contributed by atoms with Gasteiger partial charge in [-0.25, -0.2) is 4.39 Å². The van der Waals surface area contributed by atoms with Gasteiger partial charge in [-0.2, -0.15) is 0 Å². The molecule has 106 valence electrons. The van der Waals surface area contributed by atoms with Gasteiger partial charge in [-0.1, -0.05) is 23.7 Å². The number of nitro groups is 1. The summed E-state index contributed by atoms with van der Waals surface area (Å²) in [6.07, 6.45) is 0.549. The van der Waals surface area contributed by atoms with Crippen LogP contribution < -0.4 is 4.74 Å². The molecule has 6 heteroatoms. The van der Waals surface area contributed by atoms with E-state index in [0.717, 1.165) is 0 Å². The second-order valence-corrected chi connectivity index (χ2v) is 4.99. The smallest absolute Gasteiger partial charge is 0.291 e. The molecule has 4 nitrogen and oxygen atoms in total. The van der Waals surface area contributed by atoms with Crippen molar-refractivity contribution in [2.45, 2.75) is 6.10 Å². The Morgan fingerprint density at radius 3 is 2.57 bits per heavy atom. The van der Waals surface area contributed by atoms with Gasteiger partial charge >= 0.3 is 0 Å². The van der Waals surface area contributed by atoms with Crippen LogP contribution in [0.25, 0.3) is 6.08 Å². The molecule has 1 heterocycles. The van der Waals surface area contributed by atoms with E-state index >= 15 is 0 Å². The van der Waals surface area contributed by atoms with Crippen molar-refractivity contribution in [1.29, 1.82) is 0 Å². The Morgan fingerprint density at radius 2 is 1.90 bits per heavy atom. The number of hydrogen-bond donors (Lipinski definition) is 0. The maximum Gasteiger partial charge on any atom is 0.291 e.